The van der Waals surface area contributed by atoms with Gasteiger partial charge in [-0.15, -0.1) is 0 Å². The van der Waals surface area contributed by atoms with Crippen LogP contribution in [0.1, 0.15) is 23.7 Å². The van der Waals surface area contributed by atoms with E-state index in [1.165, 1.54) is 0 Å². The number of nitrogens with zero attached hydrogens (tertiary/aromatic N) is 1. The number of benzene rings is 1. The lowest BCUT2D eigenvalue weighted by atomic mass is 10.1. The Morgan fingerprint density at radius 3 is 2.72 bits per heavy atom. The van der Waals surface area contributed by atoms with Gasteiger partial charge in [-0.25, -0.2) is 0 Å². The number of carbonyl (C=O) groups excluding carboxylic acids is 1. The number of hydrogen-bond acceptors (Lipinski definition) is 2. The van der Waals surface area contributed by atoms with Crippen molar-refractivity contribution in [2.75, 3.05) is 6.54 Å². The van der Waals surface area contributed by atoms with E-state index in [0.29, 0.717) is 12.1 Å². The van der Waals surface area contributed by atoms with E-state index in [-0.39, 0.29) is 5.91 Å². The molecular weight excluding hydrogens is 224 g/mol. The van der Waals surface area contributed by atoms with Crippen molar-refractivity contribution < 1.29 is 4.79 Å². The van der Waals surface area contributed by atoms with Crippen LogP contribution in [0.4, 0.5) is 0 Å². The molecule has 0 bridgehead atoms. The molecule has 0 aliphatic carbocycles. The summed E-state index contributed by atoms with van der Waals surface area (Å²) in [5.74, 6) is -0.0450. The topological polar surface area (TPSA) is 42.0 Å². The summed E-state index contributed by atoms with van der Waals surface area (Å²) in [6, 6.07) is 13.4. The van der Waals surface area contributed by atoms with Crippen LogP contribution in [0.3, 0.4) is 0 Å². The molecule has 18 heavy (non-hydrogen) atoms. The van der Waals surface area contributed by atoms with E-state index in [1.54, 1.807) is 12.3 Å². The van der Waals surface area contributed by atoms with Crippen LogP contribution < -0.4 is 5.32 Å². The maximum atomic E-state index is 11.8. The Kier molecular flexibility index (Phi) is 4.07. The first-order valence-corrected chi connectivity index (χ1v) is 6.11. The highest BCUT2D eigenvalue weighted by Crippen LogP contribution is 2.17. The van der Waals surface area contributed by atoms with Crippen molar-refractivity contribution in [2.45, 2.75) is 13.3 Å². The van der Waals surface area contributed by atoms with Crippen LogP contribution in [-0.2, 0) is 0 Å². The molecule has 1 amide bonds. The molecule has 2 aromatic rings. The summed E-state index contributed by atoms with van der Waals surface area (Å²) >= 11 is 0. The van der Waals surface area contributed by atoms with Crippen LogP contribution in [0, 0.1) is 0 Å². The zero-order valence-corrected chi connectivity index (χ0v) is 10.4. The summed E-state index contributed by atoms with van der Waals surface area (Å²) in [6.07, 6.45) is 2.60. The van der Waals surface area contributed by atoms with Crippen LogP contribution in [-0.4, -0.2) is 17.4 Å². The predicted octanol–water partition coefficient (Wildman–Crippen LogP) is 2.89. The first-order chi connectivity index (χ1) is 8.81. The molecule has 1 heterocycles. The normalized spacial score (nSPS) is 10.1. The standard InChI is InChI=1S/C15H16N2O/c1-2-9-17-15(18)13-8-10-16-14(11-13)12-6-4-3-5-7-12/h3-8,10-11H,2,9H2,1H3,(H,17,18). The number of carbonyl (C=O) groups is 1. The molecule has 3 nitrogen and oxygen atoms in total. The van der Waals surface area contributed by atoms with E-state index in [2.05, 4.69) is 10.3 Å². The van der Waals surface area contributed by atoms with Crippen molar-refractivity contribution >= 4 is 5.91 Å². The van der Waals surface area contributed by atoms with Gasteiger partial charge in [0.2, 0.25) is 0 Å². The molecule has 92 valence electrons. The second-order valence-corrected chi connectivity index (χ2v) is 4.05. The average Bonchev–Trinajstić information content (AvgIpc) is 2.46. The highest BCUT2D eigenvalue weighted by Gasteiger charge is 2.06. The number of amides is 1. The lowest BCUT2D eigenvalue weighted by Crippen LogP contribution is -2.23. The number of rotatable bonds is 4. The monoisotopic (exact) mass is 240 g/mol. The first-order valence-electron chi connectivity index (χ1n) is 6.11. The molecule has 1 N–H and O–H groups in total. The van der Waals surface area contributed by atoms with Gasteiger partial charge in [0.25, 0.3) is 5.91 Å². The molecule has 0 unspecified atom stereocenters. The Morgan fingerprint density at radius 1 is 1.22 bits per heavy atom. The Bertz CT molecular complexity index is 523. The maximum Gasteiger partial charge on any atom is 0.251 e. The third-order valence-corrected chi connectivity index (χ3v) is 2.63. The summed E-state index contributed by atoms with van der Waals surface area (Å²) in [6.45, 7) is 2.73. The second-order valence-electron chi connectivity index (χ2n) is 4.05. The van der Waals surface area contributed by atoms with Crippen LogP contribution >= 0.6 is 0 Å². The summed E-state index contributed by atoms with van der Waals surface area (Å²) in [7, 11) is 0. The molecule has 2 rings (SSSR count). The third kappa shape index (κ3) is 2.94. The van der Waals surface area contributed by atoms with E-state index < -0.39 is 0 Å². The maximum absolute atomic E-state index is 11.8. The van der Waals surface area contributed by atoms with Crippen molar-refractivity contribution in [3.05, 3.63) is 54.2 Å². The Morgan fingerprint density at radius 2 is 2.00 bits per heavy atom. The van der Waals surface area contributed by atoms with Crippen molar-refractivity contribution in [3.8, 4) is 11.3 Å². The van der Waals surface area contributed by atoms with E-state index in [0.717, 1.165) is 17.7 Å². The van der Waals surface area contributed by atoms with Crippen molar-refractivity contribution in [1.82, 2.24) is 10.3 Å². The highest BCUT2D eigenvalue weighted by molar-refractivity contribution is 5.95. The molecule has 0 fully saturated rings. The fourth-order valence-electron chi connectivity index (χ4n) is 1.68. The lowest BCUT2D eigenvalue weighted by molar-refractivity contribution is 0.0953. The summed E-state index contributed by atoms with van der Waals surface area (Å²) in [4.78, 5) is 16.1. The van der Waals surface area contributed by atoms with Gasteiger partial charge < -0.3 is 5.32 Å². The predicted molar refractivity (Wildman–Crippen MR) is 72.3 cm³/mol. The third-order valence-electron chi connectivity index (χ3n) is 2.63. The molecule has 3 heteroatoms. The SMILES string of the molecule is CCCNC(=O)c1ccnc(-c2ccccc2)c1. The van der Waals surface area contributed by atoms with Gasteiger partial charge >= 0.3 is 0 Å². The van der Waals surface area contributed by atoms with Crippen LogP contribution in [0.15, 0.2) is 48.7 Å². The fraction of sp³-hybridized carbons (Fsp3) is 0.200. The van der Waals surface area contributed by atoms with Crippen LogP contribution in [0.25, 0.3) is 11.3 Å². The van der Waals surface area contributed by atoms with Crippen molar-refractivity contribution in [2.24, 2.45) is 0 Å². The molecule has 0 radical (unpaired) electrons. The van der Waals surface area contributed by atoms with E-state index in [4.69, 9.17) is 0 Å². The van der Waals surface area contributed by atoms with Crippen LogP contribution in [0.5, 0.6) is 0 Å². The van der Waals surface area contributed by atoms with Gasteiger partial charge in [0.1, 0.15) is 0 Å². The second kappa shape index (κ2) is 5.96. The highest BCUT2D eigenvalue weighted by atomic mass is 16.1. The molecule has 1 aromatic heterocycles. The molecule has 0 spiro atoms. The number of aromatic nitrogens is 1. The Hall–Kier alpha value is -2.16. The lowest BCUT2D eigenvalue weighted by Gasteiger charge is -2.05. The van der Waals surface area contributed by atoms with Gasteiger partial charge in [0.15, 0.2) is 0 Å². The zero-order valence-electron chi connectivity index (χ0n) is 10.4. The summed E-state index contributed by atoms with van der Waals surface area (Å²) < 4.78 is 0. The molecule has 0 atom stereocenters. The summed E-state index contributed by atoms with van der Waals surface area (Å²) in [5.41, 5.74) is 2.49. The van der Waals surface area contributed by atoms with E-state index in [1.807, 2.05) is 43.3 Å². The largest absolute Gasteiger partial charge is 0.352 e. The zero-order chi connectivity index (χ0) is 12.8. The molecule has 0 aliphatic rings. The fourth-order valence-corrected chi connectivity index (χ4v) is 1.68. The minimum absolute atomic E-state index is 0.0450. The number of pyridine rings is 1. The molecule has 1 aromatic carbocycles. The van der Waals surface area contributed by atoms with Gasteiger partial charge in [-0.1, -0.05) is 37.3 Å². The van der Waals surface area contributed by atoms with Gasteiger partial charge in [-0.2, -0.15) is 0 Å². The van der Waals surface area contributed by atoms with Crippen molar-refractivity contribution in [3.63, 3.8) is 0 Å². The molecule has 0 aliphatic heterocycles. The quantitative estimate of drug-likeness (QED) is 0.892. The Balaban J connectivity index is 2.23. The van der Waals surface area contributed by atoms with E-state index in [9.17, 15) is 4.79 Å². The van der Waals surface area contributed by atoms with Gasteiger partial charge in [-0.3, -0.25) is 9.78 Å². The van der Waals surface area contributed by atoms with Gasteiger partial charge in [0, 0.05) is 23.9 Å². The van der Waals surface area contributed by atoms with E-state index >= 15 is 0 Å². The van der Waals surface area contributed by atoms with Gasteiger partial charge in [0.05, 0.1) is 5.69 Å². The van der Waals surface area contributed by atoms with Gasteiger partial charge in [-0.05, 0) is 18.6 Å². The minimum atomic E-state index is -0.0450. The van der Waals surface area contributed by atoms with Crippen molar-refractivity contribution in [1.29, 1.82) is 0 Å². The van der Waals surface area contributed by atoms with Crippen LogP contribution in [0.2, 0.25) is 0 Å². The first kappa shape index (κ1) is 12.3. The molecule has 0 saturated heterocycles. The minimum Gasteiger partial charge on any atom is -0.352 e. The smallest absolute Gasteiger partial charge is 0.251 e. The Labute approximate surface area is 107 Å². The average molecular weight is 240 g/mol. The molecule has 0 saturated carbocycles. The number of hydrogen-bond donors (Lipinski definition) is 1. The molecular formula is C15H16N2O. The number of nitrogens with one attached hydrogen (secondary N) is 1. The summed E-state index contributed by atoms with van der Waals surface area (Å²) in [5, 5.41) is 2.86.